The Kier molecular flexibility index (Phi) is 7.16. The van der Waals surface area contributed by atoms with E-state index < -0.39 is 11.8 Å². The van der Waals surface area contributed by atoms with Crippen molar-refractivity contribution in [3.8, 4) is 0 Å². The molecule has 1 aliphatic rings. The molecule has 0 saturated carbocycles. The Morgan fingerprint density at radius 3 is 2.07 bits per heavy atom. The average Bonchev–Trinajstić information content (AvgIpc) is 2.67. The number of nitrogens with one attached hydrogen (secondary N) is 3. The molecule has 27 heavy (non-hydrogen) atoms. The van der Waals surface area contributed by atoms with Crippen LogP contribution in [0.25, 0.3) is 0 Å². The van der Waals surface area contributed by atoms with Crippen molar-refractivity contribution in [2.75, 3.05) is 37.4 Å². The predicted octanol–water partition coefficient (Wildman–Crippen LogP) is 1.18. The van der Waals surface area contributed by atoms with Gasteiger partial charge in [0.1, 0.15) is 0 Å². The predicted molar refractivity (Wildman–Crippen MR) is 99.1 cm³/mol. The number of benzene rings is 1. The Morgan fingerprint density at radius 1 is 1.00 bits per heavy atom. The van der Waals surface area contributed by atoms with Gasteiger partial charge >= 0.3 is 17.9 Å². The van der Waals surface area contributed by atoms with Crippen molar-refractivity contribution in [1.29, 1.82) is 0 Å². The third-order valence-electron chi connectivity index (χ3n) is 4.27. The van der Waals surface area contributed by atoms with Crippen molar-refractivity contribution in [3.05, 3.63) is 24.3 Å². The number of ether oxygens (including phenoxy) is 1. The minimum atomic E-state index is -0.755. The summed E-state index contributed by atoms with van der Waals surface area (Å²) in [5, 5.41) is 7.75. The maximum Gasteiger partial charge on any atom is 0.409 e. The van der Waals surface area contributed by atoms with Gasteiger partial charge in [-0.2, -0.15) is 0 Å². The average molecular weight is 376 g/mol. The standard InChI is InChI=1S/C18H24N4O5/c1-12(23)20-14-3-5-15(6-4-14)21-17(25)16(24)19-11-13-7-9-22(10-8-13)18(26)27-2/h3-6,13H,7-11H2,1-2H3,(H,19,24)(H,20,23)(H,21,25). The molecule has 0 spiro atoms. The SMILES string of the molecule is COC(=O)N1CCC(CNC(=O)C(=O)Nc2ccc(NC(C)=O)cc2)CC1. The van der Waals surface area contributed by atoms with Gasteiger partial charge in [0.05, 0.1) is 7.11 Å². The molecule has 3 N–H and O–H groups in total. The smallest absolute Gasteiger partial charge is 0.409 e. The minimum absolute atomic E-state index is 0.191. The highest BCUT2D eigenvalue weighted by atomic mass is 16.5. The molecule has 0 radical (unpaired) electrons. The molecule has 0 unspecified atom stereocenters. The summed E-state index contributed by atoms with van der Waals surface area (Å²) >= 11 is 0. The van der Waals surface area contributed by atoms with Crippen LogP contribution in [-0.4, -0.2) is 55.5 Å². The van der Waals surface area contributed by atoms with Gasteiger partial charge < -0.3 is 25.6 Å². The monoisotopic (exact) mass is 376 g/mol. The zero-order valence-electron chi connectivity index (χ0n) is 15.4. The van der Waals surface area contributed by atoms with Gasteiger partial charge in [0, 0.05) is 37.9 Å². The third-order valence-corrected chi connectivity index (χ3v) is 4.27. The summed E-state index contributed by atoms with van der Waals surface area (Å²) in [5.74, 6) is -1.45. The summed E-state index contributed by atoms with van der Waals surface area (Å²) < 4.78 is 4.68. The fourth-order valence-corrected chi connectivity index (χ4v) is 2.79. The second kappa shape index (κ2) is 9.56. The molecule has 0 atom stereocenters. The van der Waals surface area contributed by atoms with Crippen LogP contribution in [0, 0.1) is 5.92 Å². The lowest BCUT2D eigenvalue weighted by atomic mass is 9.97. The molecule has 1 saturated heterocycles. The van der Waals surface area contributed by atoms with Crippen LogP contribution in [-0.2, 0) is 19.1 Å². The highest BCUT2D eigenvalue weighted by molar-refractivity contribution is 6.39. The lowest BCUT2D eigenvalue weighted by Crippen LogP contribution is -2.43. The van der Waals surface area contributed by atoms with Crippen LogP contribution >= 0.6 is 0 Å². The fraction of sp³-hybridized carbons (Fsp3) is 0.444. The molecule has 0 aliphatic carbocycles. The maximum absolute atomic E-state index is 12.0. The van der Waals surface area contributed by atoms with Crippen molar-refractivity contribution in [2.24, 2.45) is 5.92 Å². The van der Waals surface area contributed by atoms with E-state index in [0.717, 1.165) is 12.8 Å². The number of nitrogens with zero attached hydrogens (tertiary/aromatic N) is 1. The van der Waals surface area contributed by atoms with E-state index in [1.165, 1.54) is 14.0 Å². The highest BCUT2D eigenvalue weighted by Crippen LogP contribution is 2.17. The van der Waals surface area contributed by atoms with Crippen molar-refractivity contribution >= 4 is 35.2 Å². The van der Waals surface area contributed by atoms with Crippen LogP contribution in [0.4, 0.5) is 16.2 Å². The van der Waals surface area contributed by atoms with Gasteiger partial charge in [-0.1, -0.05) is 0 Å². The maximum atomic E-state index is 12.0. The van der Waals surface area contributed by atoms with E-state index in [1.807, 2.05) is 0 Å². The largest absolute Gasteiger partial charge is 0.453 e. The van der Waals surface area contributed by atoms with Crippen LogP contribution in [0.5, 0.6) is 0 Å². The number of hydrogen-bond acceptors (Lipinski definition) is 5. The molecule has 0 bridgehead atoms. The van der Waals surface area contributed by atoms with Crippen LogP contribution in [0.3, 0.4) is 0 Å². The van der Waals surface area contributed by atoms with Crippen LogP contribution in [0.15, 0.2) is 24.3 Å². The molecule has 1 aromatic carbocycles. The molecule has 1 heterocycles. The van der Waals surface area contributed by atoms with Crippen LogP contribution in [0.2, 0.25) is 0 Å². The van der Waals surface area contributed by atoms with E-state index in [1.54, 1.807) is 29.2 Å². The first kappa shape index (κ1) is 20.2. The second-order valence-corrected chi connectivity index (χ2v) is 6.32. The Balaban J connectivity index is 1.73. The van der Waals surface area contributed by atoms with E-state index in [2.05, 4.69) is 20.7 Å². The number of carbonyl (C=O) groups excluding carboxylic acids is 4. The molecule has 1 aliphatic heterocycles. The van der Waals surface area contributed by atoms with Crippen LogP contribution < -0.4 is 16.0 Å². The number of anilines is 2. The van der Waals surface area contributed by atoms with Gasteiger partial charge in [-0.3, -0.25) is 14.4 Å². The van der Waals surface area contributed by atoms with E-state index in [4.69, 9.17) is 0 Å². The summed E-state index contributed by atoms with van der Waals surface area (Å²) in [4.78, 5) is 48.0. The van der Waals surface area contributed by atoms with Gasteiger partial charge in [0.2, 0.25) is 5.91 Å². The molecule has 146 valence electrons. The Bertz CT molecular complexity index is 696. The number of likely N-dealkylation sites (tertiary alicyclic amines) is 1. The molecule has 1 fully saturated rings. The number of methoxy groups -OCH3 is 1. The molecule has 4 amide bonds. The molecular formula is C18H24N4O5. The van der Waals surface area contributed by atoms with Gasteiger partial charge in [0.25, 0.3) is 0 Å². The summed E-state index contributed by atoms with van der Waals surface area (Å²) in [6, 6.07) is 6.45. The van der Waals surface area contributed by atoms with Gasteiger partial charge in [-0.25, -0.2) is 4.79 Å². The zero-order chi connectivity index (χ0) is 19.8. The van der Waals surface area contributed by atoms with Crippen molar-refractivity contribution < 1.29 is 23.9 Å². The van der Waals surface area contributed by atoms with Crippen molar-refractivity contribution in [2.45, 2.75) is 19.8 Å². The topological polar surface area (TPSA) is 117 Å². The van der Waals surface area contributed by atoms with Gasteiger partial charge in [-0.15, -0.1) is 0 Å². The summed E-state index contributed by atoms with van der Waals surface area (Å²) in [6.07, 6.45) is 1.13. The minimum Gasteiger partial charge on any atom is -0.453 e. The number of piperidine rings is 1. The highest BCUT2D eigenvalue weighted by Gasteiger charge is 2.24. The quantitative estimate of drug-likeness (QED) is 0.682. The first-order valence-electron chi connectivity index (χ1n) is 8.68. The zero-order valence-corrected chi connectivity index (χ0v) is 15.4. The molecular weight excluding hydrogens is 352 g/mol. The molecule has 0 aromatic heterocycles. The van der Waals surface area contributed by atoms with Crippen molar-refractivity contribution in [3.63, 3.8) is 0 Å². The Morgan fingerprint density at radius 2 is 1.56 bits per heavy atom. The molecule has 9 nitrogen and oxygen atoms in total. The number of hydrogen-bond donors (Lipinski definition) is 3. The number of carbonyl (C=O) groups is 4. The Hall–Kier alpha value is -3.10. The lowest BCUT2D eigenvalue weighted by molar-refractivity contribution is -0.136. The normalized spacial score (nSPS) is 14.2. The lowest BCUT2D eigenvalue weighted by Gasteiger charge is -2.30. The van der Waals surface area contributed by atoms with Gasteiger partial charge in [0.15, 0.2) is 0 Å². The third kappa shape index (κ3) is 6.28. The Labute approximate surface area is 157 Å². The first-order valence-corrected chi connectivity index (χ1v) is 8.68. The summed E-state index contributed by atoms with van der Waals surface area (Å²) in [6.45, 7) is 2.92. The van der Waals surface area contributed by atoms with Crippen molar-refractivity contribution in [1.82, 2.24) is 10.2 Å². The fourth-order valence-electron chi connectivity index (χ4n) is 2.79. The van der Waals surface area contributed by atoms with Gasteiger partial charge in [-0.05, 0) is 43.0 Å². The molecule has 9 heteroatoms. The van der Waals surface area contributed by atoms with E-state index in [-0.39, 0.29) is 17.9 Å². The number of amides is 4. The van der Waals surface area contributed by atoms with E-state index >= 15 is 0 Å². The summed E-state index contributed by atoms with van der Waals surface area (Å²) in [7, 11) is 1.35. The second-order valence-electron chi connectivity index (χ2n) is 6.32. The van der Waals surface area contributed by atoms with Crippen LogP contribution in [0.1, 0.15) is 19.8 Å². The molecule has 1 aromatic rings. The molecule has 2 rings (SSSR count). The summed E-state index contributed by atoms with van der Waals surface area (Å²) in [5.41, 5.74) is 1.05. The first-order chi connectivity index (χ1) is 12.9. The van der Waals surface area contributed by atoms with E-state index in [9.17, 15) is 19.2 Å². The number of rotatable bonds is 4. The van der Waals surface area contributed by atoms with E-state index in [0.29, 0.717) is 31.0 Å².